The maximum absolute atomic E-state index is 8.81. The molecule has 0 spiro atoms. The van der Waals surface area contributed by atoms with Crippen LogP contribution in [0, 0.1) is 11.3 Å². The molecule has 2 rings (SSSR count). The van der Waals surface area contributed by atoms with Crippen LogP contribution in [0.15, 0.2) is 42.5 Å². The Hall–Kier alpha value is -2.02. The molecule has 20 heavy (non-hydrogen) atoms. The number of benzene rings is 2. The van der Waals surface area contributed by atoms with Crippen molar-refractivity contribution in [3.05, 3.63) is 58.6 Å². The minimum absolute atomic E-state index is 0.0863. The highest BCUT2D eigenvalue weighted by atomic mass is 35.5. The molecular formula is C16H16ClN3. The zero-order chi connectivity index (χ0) is 14.7. The second-order valence-corrected chi connectivity index (χ2v) is 5.12. The van der Waals surface area contributed by atoms with Gasteiger partial charge in [-0.1, -0.05) is 17.7 Å². The summed E-state index contributed by atoms with van der Waals surface area (Å²) in [4.78, 5) is 2.01. The molecule has 1 atom stereocenters. The van der Waals surface area contributed by atoms with E-state index in [-0.39, 0.29) is 6.04 Å². The fraction of sp³-hybridized carbons (Fsp3) is 0.188. The van der Waals surface area contributed by atoms with Crippen molar-refractivity contribution in [1.82, 2.24) is 0 Å². The molecule has 0 saturated heterocycles. The Morgan fingerprint density at radius 3 is 2.25 bits per heavy atom. The average molecular weight is 286 g/mol. The summed E-state index contributed by atoms with van der Waals surface area (Å²) in [6.07, 6.45) is 0. The molecule has 102 valence electrons. The van der Waals surface area contributed by atoms with Crippen LogP contribution in [0.3, 0.4) is 0 Å². The van der Waals surface area contributed by atoms with Gasteiger partial charge in [-0.3, -0.25) is 0 Å². The van der Waals surface area contributed by atoms with E-state index in [0.29, 0.717) is 10.6 Å². The van der Waals surface area contributed by atoms with E-state index in [2.05, 4.69) is 6.07 Å². The molecule has 0 aromatic heterocycles. The van der Waals surface area contributed by atoms with E-state index in [4.69, 9.17) is 22.6 Å². The van der Waals surface area contributed by atoms with Crippen molar-refractivity contribution >= 4 is 23.0 Å². The second kappa shape index (κ2) is 5.96. The van der Waals surface area contributed by atoms with Gasteiger partial charge in [0, 0.05) is 29.5 Å². The molecule has 2 aromatic carbocycles. The normalized spacial score (nSPS) is 11.8. The Kier molecular flexibility index (Phi) is 4.29. The third-order valence-corrected chi connectivity index (χ3v) is 3.57. The minimum Gasteiger partial charge on any atom is -0.345 e. The molecule has 0 aliphatic heterocycles. The molecule has 1 unspecified atom stereocenters. The molecule has 0 radical (unpaired) electrons. The van der Waals surface area contributed by atoms with Gasteiger partial charge in [0.05, 0.1) is 11.6 Å². The van der Waals surface area contributed by atoms with Gasteiger partial charge in [-0.15, -0.1) is 0 Å². The molecule has 0 fully saturated rings. The summed E-state index contributed by atoms with van der Waals surface area (Å²) in [5.41, 5.74) is 9.40. The van der Waals surface area contributed by atoms with Crippen LogP contribution in [0.2, 0.25) is 5.02 Å². The molecule has 0 heterocycles. The molecule has 0 aliphatic carbocycles. The van der Waals surface area contributed by atoms with E-state index in [1.54, 1.807) is 12.1 Å². The summed E-state index contributed by atoms with van der Waals surface area (Å²) in [6.45, 7) is 1.91. The van der Waals surface area contributed by atoms with Gasteiger partial charge < -0.3 is 10.6 Å². The number of rotatable bonds is 3. The van der Waals surface area contributed by atoms with E-state index in [9.17, 15) is 0 Å². The average Bonchev–Trinajstić information content (AvgIpc) is 2.46. The fourth-order valence-corrected chi connectivity index (χ4v) is 2.35. The maximum atomic E-state index is 8.81. The van der Waals surface area contributed by atoms with Crippen LogP contribution in [0.25, 0.3) is 0 Å². The predicted molar refractivity (Wildman–Crippen MR) is 83.3 cm³/mol. The SMILES string of the molecule is CC(N)c1ccc(N(C)c2ccc(C#N)cc2)cc1Cl. The van der Waals surface area contributed by atoms with Gasteiger partial charge in [0.1, 0.15) is 0 Å². The van der Waals surface area contributed by atoms with Crippen molar-refractivity contribution in [2.45, 2.75) is 13.0 Å². The highest BCUT2D eigenvalue weighted by Gasteiger charge is 2.09. The fourth-order valence-electron chi connectivity index (χ4n) is 2.00. The molecule has 0 aliphatic rings. The predicted octanol–water partition coefficient (Wildman–Crippen LogP) is 4.00. The maximum Gasteiger partial charge on any atom is 0.0991 e. The summed E-state index contributed by atoms with van der Waals surface area (Å²) < 4.78 is 0. The lowest BCUT2D eigenvalue weighted by molar-refractivity contribution is 0.818. The standard InChI is InChI=1S/C16H16ClN3/c1-11(19)15-8-7-14(9-16(15)17)20(2)13-5-3-12(10-18)4-6-13/h3-9,11H,19H2,1-2H3. The Labute approximate surface area is 124 Å². The molecule has 0 saturated carbocycles. The molecule has 2 N–H and O–H groups in total. The lowest BCUT2D eigenvalue weighted by atomic mass is 10.1. The Morgan fingerprint density at radius 2 is 1.75 bits per heavy atom. The van der Waals surface area contributed by atoms with Crippen LogP contribution in [-0.4, -0.2) is 7.05 Å². The van der Waals surface area contributed by atoms with Crippen molar-refractivity contribution in [1.29, 1.82) is 5.26 Å². The zero-order valence-corrected chi connectivity index (χ0v) is 12.2. The number of nitriles is 1. The van der Waals surface area contributed by atoms with Crippen LogP contribution < -0.4 is 10.6 Å². The Morgan fingerprint density at radius 1 is 1.15 bits per heavy atom. The lowest BCUT2D eigenvalue weighted by Crippen LogP contribution is -2.11. The Balaban J connectivity index is 2.31. The smallest absolute Gasteiger partial charge is 0.0991 e. The number of hydrogen-bond acceptors (Lipinski definition) is 3. The van der Waals surface area contributed by atoms with Crippen LogP contribution in [0.1, 0.15) is 24.1 Å². The van der Waals surface area contributed by atoms with Gasteiger partial charge in [0.15, 0.2) is 0 Å². The summed E-state index contributed by atoms with van der Waals surface area (Å²) in [6, 6.07) is 15.3. The summed E-state index contributed by atoms with van der Waals surface area (Å²) in [5.74, 6) is 0. The first-order chi connectivity index (χ1) is 9.52. The zero-order valence-electron chi connectivity index (χ0n) is 11.5. The van der Waals surface area contributed by atoms with Gasteiger partial charge in [-0.25, -0.2) is 0 Å². The van der Waals surface area contributed by atoms with E-state index in [0.717, 1.165) is 16.9 Å². The molecular weight excluding hydrogens is 270 g/mol. The van der Waals surface area contributed by atoms with Gasteiger partial charge in [0.2, 0.25) is 0 Å². The van der Waals surface area contributed by atoms with Gasteiger partial charge in [0.25, 0.3) is 0 Å². The van der Waals surface area contributed by atoms with E-state index in [1.807, 2.05) is 49.2 Å². The van der Waals surface area contributed by atoms with E-state index in [1.165, 1.54) is 0 Å². The van der Waals surface area contributed by atoms with Crippen LogP contribution in [0.5, 0.6) is 0 Å². The molecule has 3 nitrogen and oxygen atoms in total. The van der Waals surface area contributed by atoms with E-state index >= 15 is 0 Å². The number of nitrogens with two attached hydrogens (primary N) is 1. The molecule has 0 amide bonds. The molecule has 2 aromatic rings. The van der Waals surface area contributed by atoms with Crippen molar-refractivity contribution in [2.75, 3.05) is 11.9 Å². The monoisotopic (exact) mass is 285 g/mol. The first-order valence-corrected chi connectivity index (χ1v) is 6.69. The van der Waals surface area contributed by atoms with Crippen LogP contribution in [0.4, 0.5) is 11.4 Å². The number of nitrogens with zero attached hydrogens (tertiary/aromatic N) is 2. The first kappa shape index (κ1) is 14.4. The van der Waals surface area contributed by atoms with Crippen molar-refractivity contribution in [3.8, 4) is 6.07 Å². The topological polar surface area (TPSA) is 53.0 Å². The van der Waals surface area contributed by atoms with Gasteiger partial charge in [-0.05, 0) is 48.9 Å². The quantitative estimate of drug-likeness (QED) is 0.927. The highest BCUT2D eigenvalue weighted by Crippen LogP contribution is 2.30. The van der Waals surface area contributed by atoms with Crippen molar-refractivity contribution in [3.63, 3.8) is 0 Å². The van der Waals surface area contributed by atoms with Crippen molar-refractivity contribution in [2.24, 2.45) is 5.73 Å². The lowest BCUT2D eigenvalue weighted by Gasteiger charge is -2.21. The second-order valence-electron chi connectivity index (χ2n) is 4.71. The highest BCUT2D eigenvalue weighted by molar-refractivity contribution is 6.31. The first-order valence-electron chi connectivity index (χ1n) is 6.32. The summed E-state index contributed by atoms with van der Waals surface area (Å²) in [5, 5.41) is 9.47. The molecule has 4 heteroatoms. The number of halogens is 1. The third kappa shape index (κ3) is 2.93. The van der Waals surface area contributed by atoms with Gasteiger partial charge >= 0.3 is 0 Å². The third-order valence-electron chi connectivity index (χ3n) is 3.25. The largest absolute Gasteiger partial charge is 0.345 e. The summed E-state index contributed by atoms with van der Waals surface area (Å²) in [7, 11) is 1.96. The number of hydrogen-bond donors (Lipinski definition) is 1. The Bertz CT molecular complexity index is 642. The summed E-state index contributed by atoms with van der Waals surface area (Å²) >= 11 is 6.25. The number of anilines is 2. The van der Waals surface area contributed by atoms with Crippen molar-refractivity contribution < 1.29 is 0 Å². The van der Waals surface area contributed by atoms with E-state index < -0.39 is 0 Å². The van der Waals surface area contributed by atoms with Crippen LogP contribution >= 0.6 is 11.6 Å². The molecule has 0 bridgehead atoms. The minimum atomic E-state index is -0.0863. The van der Waals surface area contributed by atoms with Gasteiger partial charge in [-0.2, -0.15) is 5.26 Å². The van der Waals surface area contributed by atoms with Crippen LogP contribution in [-0.2, 0) is 0 Å².